The van der Waals surface area contributed by atoms with E-state index in [1.54, 1.807) is 6.92 Å². The maximum Gasteiger partial charge on any atom is 0.338 e. The van der Waals surface area contributed by atoms with Crippen LogP contribution in [-0.4, -0.2) is 44.8 Å². The number of carbonyl (C=O) groups is 3. The number of halogens is 1. The lowest BCUT2D eigenvalue weighted by atomic mass is 10.2. The number of rotatable bonds is 8. The molecule has 9 heteroatoms. The minimum Gasteiger partial charge on any atom is -0.493 e. The molecule has 0 aliphatic heterocycles. The predicted octanol–water partition coefficient (Wildman–Crippen LogP) is 2.25. The summed E-state index contributed by atoms with van der Waals surface area (Å²) in [5, 5.41) is 4.43. The molecule has 0 radical (unpaired) electrons. The molecule has 25 heavy (non-hydrogen) atoms. The van der Waals surface area contributed by atoms with Gasteiger partial charge in [-0.25, -0.2) is 9.59 Å². The summed E-state index contributed by atoms with van der Waals surface area (Å²) >= 11 is 3.32. The van der Waals surface area contributed by atoms with Gasteiger partial charge in [0, 0.05) is 6.54 Å². The van der Waals surface area contributed by atoms with Crippen LogP contribution in [0.3, 0.4) is 0 Å². The number of carbonyl (C=O) groups excluding carboxylic acids is 3. The van der Waals surface area contributed by atoms with Gasteiger partial charge in [-0.1, -0.05) is 6.92 Å². The third-order valence-corrected chi connectivity index (χ3v) is 3.43. The maximum absolute atomic E-state index is 12.1. The average Bonchev–Trinajstić information content (AvgIpc) is 2.58. The normalized spacial score (nSPS) is 9.92. The Balaban J connectivity index is 2.73. The average molecular weight is 417 g/mol. The zero-order valence-corrected chi connectivity index (χ0v) is 15.9. The summed E-state index contributed by atoms with van der Waals surface area (Å²) in [5.41, 5.74) is 0.179. The third kappa shape index (κ3) is 6.61. The molecule has 0 saturated carbocycles. The molecule has 2 N–H and O–H groups in total. The molecule has 0 atom stereocenters. The number of amides is 3. The highest BCUT2D eigenvalue weighted by molar-refractivity contribution is 9.10. The molecule has 0 aromatic heterocycles. The Morgan fingerprint density at radius 1 is 1.20 bits per heavy atom. The minimum absolute atomic E-state index is 0.179. The number of methoxy groups -OCH3 is 1. The number of esters is 1. The van der Waals surface area contributed by atoms with E-state index in [-0.39, 0.29) is 5.56 Å². The molecule has 1 aromatic carbocycles. The molecule has 0 fully saturated rings. The molecule has 0 unspecified atom stereocenters. The van der Waals surface area contributed by atoms with Crippen LogP contribution in [0.25, 0.3) is 0 Å². The summed E-state index contributed by atoms with van der Waals surface area (Å²) in [6.45, 7) is 3.98. The fourth-order valence-electron chi connectivity index (χ4n) is 1.76. The van der Waals surface area contributed by atoms with E-state index >= 15 is 0 Å². The SMILES string of the molecule is CCCOc1c(Br)cc(C(=O)OCC(=O)NC(=O)NCC)cc1OC. The van der Waals surface area contributed by atoms with Gasteiger partial charge in [0.1, 0.15) is 0 Å². The van der Waals surface area contributed by atoms with Crippen LogP contribution >= 0.6 is 15.9 Å². The van der Waals surface area contributed by atoms with Gasteiger partial charge in [0.25, 0.3) is 5.91 Å². The Kier molecular flexibility index (Phi) is 8.76. The van der Waals surface area contributed by atoms with Gasteiger partial charge in [-0.15, -0.1) is 0 Å². The molecule has 1 aromatic rings. The Labute approximate surface area is 154 Å². The Hall–Kier alpha value is -2.29. The molecule has 0 heterocycles. The first-order valence-corrected chi connectivity index (χ1v) is 8.47. The first-order valence-electron chi connectivity index (χ1n) is 7.68. The second-order valence-electron chi connectivity index (χ2n) is 4.82. The van der Waals surface area contributed by atoms with Crippen molar-refractivity contribution in [2.24, 2.45) is 0 Å². The lowest BCUT2D eigenvalue weighted by molar-refractivity contribution is -0.123. The van der Waals surface area contributed by atoms with E-state index in [9.17, 15) is 14.4 Å². The number of nitrogens with one attached hydrogen (secondary N) is 2. The summed E-state index contributed by atoms with van der Waals surface area (Å²) in [7, 11) is 1.45. The van der Waals surface area contributed by atoms with Crippen LogP contribution in [0.1, 0.15) is 30.6 Å². The number of hydrogen-bond donors (Lipinski definition) is 2. The van der Waals surface area contributed by atoms with Gasteiger partial charge in [-0.2, -0.15) is 0 Å². The van der Waals surface area contributed by atoms with Crippen LogP contribution in [0.15, 0.2) is 16.6 Å². The van der Waals surface area contributed by atoms with Gasteiger partial charge in [-0.05, 0) is 41.4 Å². The van der Waals surface area contributed by atoms with Crippen molar-refractivity contribution in [2.75, 3.05) is 26.9 Å². The lowest BCUT2D eigenvalue weighted by Crippen LogP contribution is -2.41. The quantitative estimate of drug-likeness (QED) is 0.629. The van der Waals surface area contributed by atoms with Crippen molar-refractivity contribution >= 4 is 33.8 Å². The van der Waals surface area contributed by atoms with Gasteiger partial charge in [0.2, 0.25) is 0 Å². The zero-order valence-electron chi connectivity index (χ0n) is 14.3. The number of ether oxygens (including phenoxy) is 3. The summed E-state index contributed by atoms with van der Waals surface area (Å²) in [5.74, 6) is -0.614. The first kappa shape index (κ1) is 20.8. The molecule has 0 spiro atoms. The van der Waals surface area contributed by atoms with E-state index in [1.165, 1.54) is 19.2 Å². The molecule has 8 nitrogen and oxygen atoms in total. The van der Waals surface area contributed by atoms with Gasteiger partial charge in [0.05, 0.1) is 23.8 Å². The summed E-state index contributed by atoms with van der Waals surface area (Å²) in [6, 6.07) is 2.32. The predicted molar refractivity (Wildman–Crippen MR) is 94.0 cm³/mol. The highest BCUT2D eigenvalue weighted by Crippen LogP contribution is 2.36. The fourth-order valence-corrected chi connectivity index (χ4v) is 2.32. The van der Waals surface area contributed by atoms with Crippen LogP contribution < -0.4 is 20.1 Å². The molecule has 0 aliphatic rings. The van der Waals surface area contributed by atoms with Crippen molar-refractivity contribution in [3.8, 4) is 11.5 Å². The second-order valence-corrected chi connectivity index (χ2v) is 5.68. The minimum atomic E-state index is -0.730. The third-order valence-electron chi connectivity index (χ3n) is 2.84. The van der Waals surface area contributed by atoms with E-state index in [1.807, 2.05) is 12.2 Å². The lowest BCUT2D eigenvalue weighted by Gasteiger charge is -2.13. The number of benzene rings is 1. The first-order chi connectivity index (χ1) is 11.9. The van der Waals surface area contributed by atoms with Crippen molar-refractivity contribution in [1.29, 1.82) is 0 Å². The van der Waals surface area contributed by atoms with E-state index in [0.29, 0.717) is 29.1 Å². The van der Waals surface area contributed by atoms with E-state index < -0.39 is 24.5 Å². The monoisotopic (exact) mass is 416 g/mol. The Morgan fingerprint density at radius 3 is 2.52 bits per heavy atom. The fraction of sp³-hybridized carbons (Fsp3) is 0.438. The standard InChI is InChI=1S/C16H21BrN2O6/c1-4-6-24-14-11(17)7-10(8-12(14)23-3)15(21)25-9-13(20)19-16(22)18-5-2/h7-8H,4-6,9H2,1-3H3,(H2,18,19,20,22). The van der Waals surface area contributed by atoms with Crippen molar-refractivity contribution in [3.63, 3.8) is 0 Å². The molecular weight excluding hydrogens is 396 g/mol. The van der Waals surface area contributed by atoms with Crippen LogP contribution in [-0.2, 0) is 9.53 Å². The van der Waals surface area contributed by atoms with Crippen molar-refractivity contribution < 1.29 is 28.6 Å². The number of imide groups is 1. The van der Waals surface area contributed by atoms with Crippen molar-refractivity contribution in [2.45, 2.75) is 20.3 Å². The van der Waals surface area contributed by atoms with Crippen LogP contribution in [0.2, 0.25) is 0 Å². The van der Waals surface area contributed by atoms with Gasteiger partial charge in [-0.3, -0.25) is 10.1 Å². The van der Waals surface area contributed by atoms with Gasteiger partial charge >= 0.3 is 12.0 Å². The highest BCUT2D eigenvalue weighted by Gasteiger charge is 2.18. The largest absolute Gasteiger partial charge is 0.493 e. The zero-order chi connectivity index (χ0) is 18.8. The van der Waals surface area contributed by atoms with Crippen LogP contribution in [0.5, 0.6) is 11.5 Å². The topological polar surface area (TPSA) is 103 Å². The molecule has 3 amide bonds. The van der Waals surface area contributed by atoms with Crippen LogP contribution in [0, 0.1) is 0 Å². The summed E-state index contributed by atoms with van der Waals surface area (Å²) in [6.07, 6.45) is 0.820. The molecule has 1 rings (SSSR count). The van der Waals surface area contributed by atoms with Gasteiger partial charge in [0.15, 0.2) is 18.1 Å². The van der Waals surface area contributed by atoms with Crippen molar-refractivity contribution in [3.05, 3.63) is 22.2 Å². The number of urea groups is 1. The second kappa shape index (κ2) is 10.5. The Morgan fingerprint density at radius 2 is 1.92 bits per heavy atom. The van der Waals surface area contributed by atoms with Gasteiger partial charge < -0.3 is 19.5 Å². The molecule has 0 saturated heterocycles. The highest BCUT2D eigenvalue weighted by atomic mass is 79.9. The molecule has 0 aliphatic carbocycles. The molecule has 0 bridgehead atoms. The Bertz CT molecular complexity index is 635. The maximum atomic E-state index is 12.1. The smallest absolute Gasteiger partial charge is 0.338 e. The molecule has 138 valence electrons. The molecular formula is C16H21BrN2O6. The van der Waals surface area contributed by atoms with E-state index in [2.05, 4.69) is 21.2 Å². The summed E-state index contributed by atoms with van der Waals surface area (Å²) in [4.78, 5) is 34.8. The van der Waals surface area contributed by atoms with Crippen LogP contribution in [0.4, 0.5) is 4.79 Å². The number of hydrogen-bond acceptors (Lipinski definition) is 6. The van der Waals surface area contributed by atoms with E-state index in [0.717, 1.165) is 6.42 Å². The summed E-state index contributed by atoms with van der Waals surface area (Å²) < 4.78 is 16.2. The van der Waals surface area contributed by atoms with E-state index in [4.69, 9.17) is 14.2 Å². The van der Waals surface area contributed by atoms with Crippen molar-refractivity contribution in [1.82, 2.24) is 10.6 Å².